The fraction of sp³-hybridized carbons (Fsp3) is 0.261. The van der Waals surface area contributed by atoms with Crippen molar-refractivity contribution in [3.8, 4) is 0 Å². The molecular formula is C23H24N8O4S. The van der Waals surface area contributed by atoms with Gasteiger partial charge in [-0.25, -0.2) is 18.4 Å². The summed E-state index contributed by atoms with van der Waals surface area (Å²) in [7, 11) is -3.38. The molecule has 0 saturated heterocycles. The zero-order chi connectivity index (χ0) is 25.4. The molecule has 5 rings (SSSR count). The number of hydrogen-bond donors (Lipinski definition) is 2. The van der Waals surface area contributed by atoms with Crippen LogP contribution in [0.25, 0.3) is 5.78 Å². The average molecular weight is 509 g/mol. The second kappa shape index (κ2) is 9.07. The van der Waals surface area contributed by atoms with Crippen LogP contribution in [0.5, 0.6) is 0 Å². The summed E-state index contributed by atoms with van der Waals surface area (Å²) in [6.45, 7) is 3.30. The van der Waals surface area contributed by atoms with Crippen molar-refractivity contribution in [3.63, 3.8) is 0 Å². The van der Waals surface area contributed by atoms with Crippen molar-refractivity contribution < 1.29 is 18.0 Å². The Labute approximate surface area is 207 Å². The van der Waals surface area contributed by atoms with E-state index in [-0.39, 0.29) is 11.6 Å². The van der Waals surface area contributed by atoms with Crippen molar-refractivity contribution in [1.29, 1.82) is 0 Å². The molecule has 1 aliphatic rings. The smallest absolute Gasteiger partial charge is 0.276 e. The van der Waals surface area contributed by atoms with E-state index in [4.69, 9.17) is 0 Å². The monoisotopic (exact) mass is 508 g/mol. The van der Waals surface area contributed by atoms with Gasteiger partial charge >= 0.3 is 0 Å². The van der Waals surface area contributed by atoms with Crippen LogP contribution in [-0.4, -0.2) is 62.1 Å². The van der Waals surface area contributed by atoms with Gasteiger partial charge in [0.05, 0.1) is 18.5 Å². The third-order valence-corrected chi connectivity index (χ3v) is 6.37. The second-order valence-corrected chi connectivity index (χ2v) is 10.4. The number of nitrogens with one attached hydrogen (secondary N) is 2. The first-order valence-corrected chi connectivity index (χ1v) is 13.1. The molecule has 0 saturated carbocycles. The van der Waals surface area contributed by atoms with Gasteiger partial charge in [0.15, 0.2) is 5.69 Å². The highest BCUT2D eigenvalue weighted by Gasteiger charge is 2.25. The predicted octanol–water partition coefficient (Wildman–Crippen LogP) is 1.90. The van der Waals surface area contributed by atoms with E-state index >= 15 is 0 Å². The van der Waals surface area contributed by atoms with Gasteiger partial charge in [0.2, 0.25) is 15.8 Å². The Morgan fingerprint density at radius 3 is 2.53 bits per heavy atom. The maximum atomic E-state index is 13.3. The van der Waals surface area contributed by atoms with E-state index in [0.717, 1.165) is 17.6 Å². The summed E-state index contributed by atoms with van der Waals surface area (Å²) in [5, 5.41) is 7.20. The third-order valence-electron chi connectivity index (χ3n) is 5.77. The molecule has 0 spiro atoms. The van der Waals surface area contributed by atoms with Crippen molar-refractivity contribution in [1.82, 2.24) is 29.0 Å². The average Bonchev–Trinajstić information content (AvgIpc) is 3.41. The van der Waals surface area contributed by atoms with E-state index in [1.165, 1.54) is 0 Å². The fourth-order valence-electron chi connectivity index (χ4n) is 4.11. The van der Waals surface area contributed by atoms with E-state index < -0.39 is 15.9 Å². The van der Waals surface area contributed by atoms with E-state index in [2.05, 4.69) is 25.1 Å². The van der Waals surface area contributed by atoms with E-state index in [0.29, 0.717) is 48.9 Å². The fourth-order valence-corrected chi connectivity index (χ4v) is 4.67. The van der Waals surface area contributed by atoms with Gasteiger partial charge in [0.25, 0.3) is 11.8 Å². The van der Waals surface area contributed by atoms with Crippen LogP contribution in [0.3, 0.4) is 0 Å². The lowest BCUT2D eigenvalue weighted by Crippen LogP contribution is -2.31. The molecule has 0 radical (unpaired) electrons. The van der Waals surface area contributed by atoms with Crippen LogP contribution in [0.2, 0.25) is 0 Å². The number of fused-ring (bicyclic) bond motifs is 2. The summed E-state index contributed by atoms with van der Waals surface area (Å²) >= 11 is 0. The maximum absolute atomic E-state index is 13.3. The minimum Gasteiger partial charge on any atom is -0.331 e. The summed E-state index contributed by atoms with van der Waals surface area (Å²) < 4.78 is 28.6. The zero-order valence-corrected chi connectivity index (χ0v) is 20.5. The Morgan fingerprint density at radius 1 is 1.03 bits per heavy atom. The van der Waals surface area contributed by atoms with Gasteiger partial charge in [-0.2, -0.15) is 5.10 Å². The van der Waals surface area contributed by atoms with Crippen molar-refractivity contribution in [2.75, 3.05) is 22.8 Å². The molecule has 2 amide bonds. The van der Waals surface area contributed by atoms with E-state index in [1.807, 2.05) is 11.3 Å². The molecule has 0 atom stereocenters. The van der Waals surface area contributed by atoms with E-state index in [9.17, 15) is 18.0 Å². The standard InChI is InChI=1S/C23H24N8O4S/c1-15-12-20(26-23-24-8-11-30(15)23)22(33)29-9-3-10-31-18(14-29)13-19(27-31)21(32)25-16-4-6-17(7-5-16)28-36(2,34)35/h4-8,11-13,28H,3,9-10,14H2,1-2H3,(H,25,32). The lowest BCUT2D eigenvalue weighted by atomic mass is 10.2. The maximum Gasteiger partial charge on any atom is 0.276 e. The van der Waals surface area contributed by atoms with Crippen LogP contribution in [0, 0.1) is 6.92 Å². The number of rotatable bonds is 5. The molecule has 1 aliphatic heterocycles. The zero-order valence-electron chi connectivity index (χ0n) is 19.7. The molecular weight excluding hydrogens is 484 g/mol. The summed E-state index contributed by atoms with van der Waals surface area (Å²) in [5.74, 6) is -0.135. The minimum absolute atomic E-state index is 0.202. The quantitative estimate of drug-likeness (QED) is 0.419. The summed E-state index contributed by atoms with van der Waals surface area (Å²) in [5.41, 5.74) is 3.05. The van der Waals surface area contributed by atoms with Gasteiger partial charge in [-0.1, -0.05) is 0 Å². The Bertz CT molecular complexity index is 1570. The lowest BCUT2D eigenvalue weighted by molar-refractivity contribution is 0.0739. The molecule has 13 heteroatoms. The first kappa shape index (κ1) is 23.5. The highest BCUT2D eigenvalue weighted by Crippen LogP contribution is 2.19. The largest absolute Gasteiger partial charge is 0.331 e. The van der Waals surface area contributed by atoms with Crippen molar-refractivity contribution in [2.24, 2.45) is 0 Å². The van der Waals surface area contributed by atoms with Gasteiger partial charge in [-0.15, -0.1) is 0 Å². The summed E-state index contributed by atoms with van der Waals surface area (Å²) in [6.07, 6.45) is 5.18. The lowest BCUT2D eigenvalue weighted by Gasteiger charge is -2.19. The van der Waals surface area contributed by atoms with Crippen LogP contribution in [0.15, 0.2) is 48.8 Å². The van der Waals surface area contributed by atoms with Gasteiger partial charge in [-0.3, -0.25) is 23.4 Å². The first-order valence-electron chi connectivity index (χ1n) is 11.2. The number of nitrogens with zero attached hydrogens (tertiary/aromatic N) is 6. The molecule has 12 nitrogen and oxygen atoms in total. The molecule has 0 aliphatic carbocycles. The SMILES string of the molecule is Cc1cc(C(=O)N2CCCn3nc(C(=O)Nc4ccc(NS(C)(=O)=O)cc4)cc3C2)nc2nccn12. The van der Waals surface area contributed by atoms with Gasteiger partial charge in [0, 0.05) is 42.6 Å². The summed E-state index contributed by atoms with van der Waals surface area (Å²) in [4.78, 5) is 36.4. The number of anilines is 2. The third kappa shape index (κ3) is 4.91. The van der Waals surface area contributed by atoms with Crippen LogP contribution >= 0.6 is 0 Å². The number of imidazole rings is 1. The normalized spacial score (nSPS) is 13.8. The van der Waals surface area contributed by atoms with Gasteiger partial charge < -0.3 is 10.2 Å². The number of aromatic nitrogens is 5. The number of aryl methyl sites for hydroxylation is 2. The minimum atomic E-state index is -3.38. The number of amides is 2. The highest BCUT2D eigenvalue weighted by atomic mass is 32.2. The first-order chi connectivity index (χ1) is 17.2. The molecule has 0 unspecified atom stereocenters. The summed E-state index contributed by atoms with van der Waals surface area (Å²) in [6, 6.07) is 9.72. The number of carbonyl (C=O) groups excluding carboxylic acids is 2. The molecule has 0 fully saturated rings. The van der Waals surface area contributed by atoms with Crippen molar-refractivity contribution in [2.45, 2.75) is 26.4 Å². The number of hydrogen-bond acceptors (Lipinski definition) is 7. The number of carbonyl (C=O) groups is 2. The topological polar surface area (TPSA) is 144 Å². The van der Waals surface area contributed by atoms with Crippen LogP contribution < -0.4 is 10.0 Å². The van der Waals surface area contributed by atoms with Crippen molar-refractivity contribution in [3.05, 3.63) is 71.6 Å². The van der Waals surface area contributed by atoms with Gasteiger partial charge in [0.1, 0.15) is 5.69 Å². The Kier molecular flexibility index (Phi) is 5.92. The van der Waals surface area contributed by atoms with Crippen LogP contribution in [0.1, 0.15) is 38.8 Å². The molecule has 36 heavy (non-hydrogen) atoms. The second-order valence-electron chi connectivity index (χ2n) is 8.61. The van der Waals surface area contributed by atoms with Gasteiger partial charge in [-0.05, 0) is 49.7 Å². The highest BCUT2D eigenvalue weighted by molar-refractivity contribution is 7.92. The van der Waals surface area contributed by atoms with Crippen LogP contribution in [0.4, 0.5) is 11.4 Å². The molecule has 4 aromatic rings. The molecule has 0 bridgehead atoms. The molecule has 186 valence electrons. The van der Waals surface area contributed by atoms with Crippen molar-refractivity contribution >= 4 is 39.0 Å². The Morgan fingerprint density at radius 2 is 1.78 bits per heavy atom. The number of benzene rings is 1. The van der Waals surface area contributed by atoms with Crippen LogP contribution in [-0.2, 0) is 23.1 Å². The molecule has 2 N–H and O–H groups in total. The molecule has 3 aromatic heterocycles. The molecule has 4 heterocycles. The molecule has 1 aromatic carbocycles. The predicted molar refractivity (Wildman–Crippen MR) is 132 cm³/mol. The van der Waals surface area contributed by atoms with E-state index in [1.54, 1.807) is 58.4 Å². The Balaban J connectivity index is 1.30. The Hall–Kier alpha value is -4.26. The number of sulfonamides is 1.